The predicted molar refractivity (Wildman–Crippen MR) is 71.4 cm³/mol. The fraction of sp³-hybridized carbons (Fsp3) is 0.143. The highest BCUT2D eigenvalue weighted by atomic mass is 19.1. The van der Waals surface area contributed by atoms with Gasteiger partial charge in [0.05, 0.1) is 6.04 Å². The highest BCUT2D eigenvalue weighted by molar-refractivity contribution is 6.00. The van der Waals surface area contributed by atoms with Crippen LogP contribution in [0.3, 0.4) is 0 Å². The van der Waals surface area contributed by atoms with Crippen molar-refractivity contribution in [3.63, 3.8) is 0 Å². The monoisotopic (exact) mass is 259 g/mol. The van der Waals surface area contributed by atoms with E-state index >= 15 is 0 Å². The van der Waals surface area contributed by atoms with E-state index in [1.54, 1.807) is 25.4 Å². The van der Waals surface area contributed by atoms with Crippen molar-refractivity contribution >= 4 is 11.6 Å². The van der Waals surface area contributed by atoms with Crippen molar-refractivity contribution in [3.8, 4) is 0 Å². The van der Waals surface area contributed by atoms with Gasteiger partial charge in [-0.1, -0.05) is 0 Å². The van der Waals surface area contributed by atoms with Crippen molar-refractivity contribution in [2.45, 2.75) is 6.04 Å². The van der Waals surface area contributed by atoms with E-state index in [2.05, 4.69) is 10.3 Å². The summed E-state index contributed by atoms with van der Waals surface area (Å²) in [5, 5.41) is 2.88. The number of Topliss-reactive ketones (excluding diaryl/α,β-unsaturated/α-hetero) is 1. The summed E-state index contributed by atoms with van der Waals surface area (Å²) in [5.74, 6) is -0.000360. The normalized spacial score (nSPS) is 11.9. The Kier molecular flexibility index (Phi) is 3.87. The summed E-state index contributed by atoms with van der Waals surface area (Å²) in [6.45, 7) is 0. The van der Waals surface area contributed by atoms with Crippen LogP contribution in [0.1, 0.15) is 22.0 Å². The summed E-state index contributed by atoms with van der Waals surface area (Å²) in [6.07, 6.45) is 1.58. The first-order valence-corrected chi connectivity index (χ1v) is 5.81. The second-order valence-electron chi connectivity index (χ2n) is 4.07. The number of carbonyl (C=O) groups excluding carboxylic acids is 1. The van der Waals surface area contributed by atoms with E-state index in [1.165, 1.54) is 24.3 Å². The average molecular weight is 259 g/mol. The molecule has 3 N–H and O–H groups in total. The molecule has 0 aliphatic rings. The molecule has 0 aliphatic heterocycles. The lowest BCUT2D eigenvalue weighted by Crippen LogP contribution is -2.21. The lowest BCUT2D eigenvalue weighted by molar-refractivity contribution is 0.0961. The van der Waals surface area contributed by atoms with Crippen molar-refractivity contribution in [2.24, 2.45) is 5.73 Å². The molecule has 1 aromatic heterocycles. The molecule has 2 rings (SSSR count). The zero-order valence-corrected chi connectivity index (χ0v) is 10.4. The lowest BCUT2D eigenvalue weighted by atomic mass is 9.99. The average Bonchev–Trinajstić information content (AvgIpc) is 2.46. The summed E-state index contributed by atoms with van der Waals surface area (Å²) in [7, 11) is 1.74. The highest BCUT2D eigenvalue weighted by Gasteiger charge is 2.18. The summed E-state index contributed by atoms with van der Waals surface area (Å²) < 4.78 is 12.8. The molecular weight excluding hydrogens is 245 g/mol. The first-order valence-electron chi connectivity index (χ1n) is 5.81. The molecule has 0 saturated heterocycles. The molecule has 5 heteroatoms. The highest BCUT2D eigenvalue weighted by Crippen LogP contribution is 2.18. The maximum absolute atomic E-state index is 12.8. The number of aromatic nitrogens is 1. The molecule has 19 heavy (non-hydrogen) atoms. The van der Waals surface area contributed by atoms with Crippen molar-refractivity contribution < 1.29 is 9.18 Å². The van der Waals surface area contributed by atoms with Gasteiger partial charge in [0.1, 0.15) is 11.6 Å². The van der Waals surface area contributed by atoms with Gasteiger partial charge in [-0.2, -0.15) is 0 Å². The topological polar surface area (TPSA) is 68.0 Å². The number of carbonyl (C=O) groups is 1. The molecule has 0 bridgehead atoms. The number of hydrogen-bond acceptors (Lipinski definition) is 4. The number of pyridine rings is 1. The fourth-order valence-electron chi connectivity index (χ4n) is 1.72. The van der Waals surface area contributed by atoms with Crippen LogP contribution in [-0.2, 0) is 0 Å². The third-order valence-electron chi connectivity index (χ3n) is 2.81. The summed E-state index contributed by atoms with van der Waals surface area (Å²) >= 11 is 0. The van der Waals surface area contributed by atoms with E-state index in [4.69, 9.17) is 5.73 Å². The van der Waals surface area contributed by atoms with Crippen LogP contribution in [-0.4, -0.2) is 17.8 Å². The van der Waals surface area contributed by atoms with Crippen molar-refractivity contribution in [3.05, 3.63) is 59.5 Å². The van der Waals surface area contributed by atoms with Crippen molar-refractivity contribution in [1.82, 2.24) is 4.98 Å². The SMILES string of the molecule is CNc1cc(C(N)C(=O)c2ccc(F)cc2)ccn1. The number of halogens is 1. The maximum atomic E-state index is 12.8. The van der Waals surface area contributed by atoms with E-state index in [0.717, 1.165) is 0 Å². The molecule has 1 unspecified atom stereocenters. The third-order valence-corrected chi connectivity index (χ3v) is 2.81. The van der Waals surface area contributed by atoms with Crippen LogP contribution < -0.4 is 11.1 Å². The minimum Gasteiger partial charge on any atom is -0.373 e. The molecule has 0 saturated carbocycles. The van der Waals surface area contributed by atoms with Crippen LogP contribution in [0.25, 0.3) is 0 Å². The van der Waals surface area contributed by atoms with Crippen molar-refractivity contribution in [1.29, 1.82) is 0 Å². The molecule has 0 aliphatic carbocycles. The Morgan fingerprint density at radius 2 is 2.00 bits per heavy atom. The Morgan fingerprint density at radius 3 is 2.63 bits per heavy atom. The number of nitrogens with one attached hydrogen (secondary N) is 1. The van der Waals surface area contributed by atoms with Gasteiger partial charge < -0.3 is 11.1 Å². The van der Waals surface area contributed by atoms with Crippen LogP contribution in [0.2, 0.25) is 0 Å². The zero-order chi connectivity index (χ0) is 13.8. The maximum Gasteiger partial charge on any atom is 0.184 e. The Morgan fingerprint density at radius 1 is 1.32 bits per heavy atom. The van der Waals surface area contributed by atoms with Gasteiger partial charge in [-0.15, -0.1) is 0 Å². The van der Waals surface area contributed by atoms with Crippen LogP contribution in [0, 0.1) is 5.82 Å². The Bertz CT molecular complexity index is 583. The molecular formula is C14H14FN3O. The van der Waals surface area contributed by atoms with E-state index < -0.39 is 6.04 Å². The van der Waals surface area contributed by atoms with Gasteiger partial charge in [-0.25, -0.2) is 9.37 Å². The predicted octanol–water partition coefficient (Wildman–Crippen LogP) is 2.15. The first kappa shape index (κ1) is 13.2. The molecule has 0 spiro atoms. The van der Waals surface area contributed by atoms with Crippen LogP contribution in [0.15, 0.2) is 42.6 Å². The molecule has 1 heterocycles. The van der Waals surface area contributed by atoms with Crippen LogP contribution in [0.5, 0.6) is 0 Å². The van der Waals surface area contributed by atoms with Gasteiger partial charge in [0.25, 0.3) is 0 Å². The Hall–Kier alpha value is -2.27. The Balaban J connectivity index is 2.25. The zero-order valence-electron chi connectivity index (χ0n) is 10.4. The first-order chi connectivity index (χ1) is 9.11. The van der Waals surface area contributed by atoms with Gasteiger partial charge in [0, 0.05) is 18.8 Å². The van der Waals surface area contributed by atoms with E-state index in [0.29, 0.717) is 16.9 Å². The van der Waals surface area contributed by atoms with Crippen LogP contribution >= 0.6 is 0 Å². The van der Waals surface area contributed by atoms with Crippen molar-refractivity contribution in [2.75, 3.05) is 12.4 Å². The molecule has 0 radical (unpaired) electrons. The van der Waals surface area contributed by atoms with E-state index in [1.807, 2.05) is 0 Å². The minimum atomic E-state index is -0.791. The quantitative estimate of drug-likeness (QED) is 0.825. The van der Waals surface area contributed by atoms with E-state index in [9.17, 15) is 9.18 Å². The number of ketones is 1. The number of hydrogen-bond donors (Lipinski definition) is 2. The molecule has 98 valence electrons. The second kappa shape index (κ2) is 5.58. The van der Waals surface area contributed by atoms with Gasteiger partial charge in [-0.3, -0.25) is 4.79 Å². The smallest absolute Gasteiger partial charge is 0.184 e. The van der Waals surface area contributed by atoms with Gasteiger partial charge >= 0.3 is 0 Å². The van der Waals surface area contributed by atoms with Gasteiger partial charge in [0.15, 0.2) is 5.78 Å². The largest absolute Gasteiger partial charge is 0.373 e. The molecule has 1 atom stereocenters. The summed E-state index contributed by atoms with van der Waals surface area (Å²) in [4.78, 5) is 16.2. The second-order valence-corrected chi connectivity index (χ2v) is 4.07. The molecule has 0 amide bonds. The standard InChI is InChI=1S/C14H14FN3O/c1-17-12-8-10(6-7-18-12)13(16)14(19)9-2-4-11(15)5-3-9/h2-8,13H,16H2,1H3,(H,17,18). The molecule has 0 fully saturated rings. The number of benzene rings is 1. The van der Waals surface area contributed by atoms with E-state index in [-0.39, 0.29) is 11.6 Å². The van der Waals surface area contributed by atoms with Crippen LogP contribution in [0.4, 0.5) is 10.2 Å². The fourth-order valence-corrected chi connectivity index (χ4v) is 1.72. The summed E-state index contributed by atoms with van der Waals surface area (Å²) in [5.41, 5.74) is 6.98. The minimum absolute atomic E-state index is 0.256. The number of anilines is 1. The number of nitrogens with zero attached hydrogens (tertiary/aromatic N) is 1. The molecule has 2 aromatic rings. The lowest BCUT2D eigenvalue weighted by Gasteiger charge is -2.12. The van der Waals surface area contributed by atoms with Gasteiger partial charge in [-0.05, 0) is 42.0 Å². The number of rotatable bonds is 4. The molecule has 4 nitrogen and oxygen atoms in total. The summed E-state index contributed by atoms with van der Waals surface area (Å²) in [6, 6.07) is 7.95. The number of nitrogens with two attached hydrogens (primary N) is 1. The third kappa shape index (κ3) is 2.95. The Labute approximate surface area is 110 Å². The molecule has 1 aromatic carbocycles. The van der Waals surface area contributed by atoms with Gasteiger partial charge in [0.2, 0.25) is 0 Å².